The molecule has 1 aliphatic rings. The lowest BCUT2D eigenvalue weighted by molar-refractivity contribution is -0.123. The van der Waals surface area contributed by atoms with E-state index in [0.717, 1.165) is 5.56 Å². The van der Waals surface area contributed by atoms with Gasteiger partial charge in [-0.05, 0) is 42.7 Å². The van der Waals surface area contributed by atoms with Crippen LogP contribution in [0.1, 0.15) is 37.9 Å². The minimum atomic E-state index is -3.65. The average Bonchev–Trinajstić information content (AvgIpc) is 2.90. The van der Waals surface area contributed by atoms with E-state index in [9.17, 15) is 13.2 Å². The van der Waals surface area contributed by atoms with E-state index in [2.05, 4.69) is 15.0 Å². The largest absolute Gasteiger partial charge is 0.348 e. The van der Waals surface area contributed by atoms with Gasteiger partial charge in [-0.1, -0.05) is 49.7 Å². The van der Waals surface area contributed by atoms with Crippen LogP contribution in [0.25, 0.3) is 0 Å². The minimum Gasteiger partial charge on any atom is -0.348 e. The van der Waals surface area contributed by atoms with Gasteiger partial charge in [0.2, 0.25) is 5.91 Å². The second-order valence-corrected chi connectivity index (χ2v) is 9.14. The highest BCUT2D eigenvalue weighted by Gasteiger charge is 2.32. The number of benzene rings is 2. The summed E-state index contributed by atoms with van der Waals surface area (Å²) < 4.78 is 27.0. The van der Waals surface area contributed by atoms with Gasteiger partial charge in [0.05, 0.1) is 10.9 Å². The maximum Gasteiger partial charge on any atom is 0.263 e. The summed E-state index contributed by atoms with van der Waals surface area (Å²) in [5.41, 5.74) is 1.39. The summed E-state index contributed by atoms with van der Waals surface area (Å²) in [7, 11) is -3.65. The van der Waals surface area contributed by atoms with Gasteiger partial charge in [0.25, 0.3) is 10.0 Å². The lowest BCUT2D eigenvalue weighted by Crippen LogP contribution is -2.39. The van der Waals surface area contributed by atoms with E-state index < -0.39 is 16.1 Å². The van der Waals surface area contributed by atoms with Crippen molar-refractivity contribution in [2.75, 3.05) is 0 Å². The molecule has 1 aliphatic heterocycles. The molecule has 0 unspecified atom stereocenters. The first-order valence-electron chi connectivity index (χ1n) is 8.95. The zero-order chi connectivity index (χ0) is 20.5. The van der Waals surface area contributed by atoms with Crippen LogP contribution in [0, 0.1) is 5.92 Å². The molecule has 0 saturated heterocycles. The summed E-state index contributed by atoms with van der Waals surface area (Å²) >= 11 is 5.91. The highest BCUT2D eigenvalue weighted by atomic mass is 35.5. The van der Waals surface area contributed by atoms with Crippen molar-refractivity contribution in [1.29, 1.82) is 0 Å². The number of hydrogen-bond donors (Lipinski definition) is 2. The van der Waals surface area contributed by atoms with Crippen LogP contribution < -0.4 is 10.0 Å². The molecule has 2 N–H and O–H groups in total. The predicted octanol–water partition coefficient (Wildman–Crippen LogP) is 3.28. The quantitative estimate of drug-likeness (QED) is 0.779. The fourth-order valence-electron chi connectivity index (χ4n) is 3.01. The monoisotopic (exact) mass is 419 g/mol. The van der Waals surface area contributed by atoms with Gasteiger partial charge in [-0.15, -0.1) is 0 Å². The molecule has 148 valence electrons. The first-order valence-corrected chi connectivity index (χ1v) is 10.8. The number of carbonyl (C=O) groups excluding carboxylic acids is 1. The fraction of sp³-hybridized carbons (Fsp3) is 0.300. The molecule has 0 fully saturated rings. The van der Waals surface area contributed by atoms with E-state index in [1.54, 1.807) is 30.3 Å². The standard InChI is InChI=1S/C20H22ClN3O3S/c1-12(2)18(20(25)22-13(3)14-8-10-15(21)11-9-14)23-19-16-6-4-5-7-17(16)28(26,27)24-19/h4-13,18H,1-3H3,(H,22,25)(H,23,24)/t13-,18+/m1/s1. The van der Waals surface area contributed by atoms with E-state index in [1.165, 1.54) is 6.07 Å². The summed E-state index contributed by atoms with van der Waals surface area (Å²) in [6.07, 6.45) is 0. The number of hydrogen-bond acceptors (Lipinski definition) is 4. The van der Waals surface area contributed by atoms with Crippen LogP contribution >= 0.6 is 11.6 Å². The number of amidine groups is 1. The molecular weight excluding hydrogens is 398 g/mol. The number of rotatable bonds is 5. The van der Waals surface area contributed by atoms with E-state index in [0.29, 0.717) is 10.6 Å². The van der Waals surface area contributed by atoms with E-state index in [-0.39, 0.29) is 28.6 Å². The number of nitrogens with zero attached hydrogens (tertiary/aromatic N) is 1. The molecule has 0 aromatic heterocycles. The molecule has 6 nitrogen and oxygen atoms in total. The Bertz CT molecular complexity index is 1020. The van der Waals surface area contributed by atoms with Crippen LogP contribution in [-0.4, -0.2) is 26.2 Å². The van der Waals surface area contributed by atoms with Gasteiger partial charge in [0.1, 0.15) is 11.9 Å². The Morgan fingerprint density at radius 1 is 1.07 bits per heavy atom. The van der Waals surface area contributed by atoms with E-state index in [4.69, 9.17) is 11.6 Å². The topological polar surface area (TPSA) is 87.6 Å². The number of carbonyl (C=O) groups is 1. The molecule has 8 heteroatoms. The van der Waals surface area contributed by atoms with Gasteiger partial charge >= 0.3 is 0 Å². The molecule has 2 aromatic carbocycles. The number of halogens is 1. The van der Waals surface area contributed by atoms with Crippen LogP contribution in [0.2, 0.25) is 5.02 Å². The van der Waals surface area contributed by atoms with Gasteiger partial charge in [0, 0.05) is 10.6 Å². The third-order valence-corrected chi connectivity index (χ3v) is 6.21. The second-order valence-electron chi connectivity index (χ2n) is 7.05. The maximum absolute atomic E-state index is 12.9. The molecule has 1 heterocycles. The van der Waals surface area contributed by atoms with Gasteiger partial charge in [-0.2, -0.15) is 0 Å². The van der Waals surface area contributed by atoms with E-state index >= 15 is 0 Å². The Labute approximate surface area is 170 Å². The molecule has 28 heavy (non-hydrogen) atoms. The van der Waals surface area contributed by atoms with Crippen molar-refractivity contribution in [3.05, 3.63) is 64.7 Å². The third-order valence-electron chi connectivity index (χ3n) is 4.56. The molecule has 2 atom stereocenters. The van der Waals surface area contributed by atoms with Crippen LogP contribution in [0.5, 0.6) is 0 Å². The van der Waals surface area contributed by atoms with Crippen molar-refractivity contribution < 1.29 is 13.2 Å². The molecule has 0 radical (unpaired) electrons. The Balaban J connectivity index is 1.85. The Kier molecular flexibility index (Phi) is 5.76. The lowest BCUT2D eigenvalue weighted by Gasteiger charge is -2.21. The first kappa shape index (κ1) is 20.4. The first-order chi connectivity index (χ1) is 13.2. The Morgan fingerprint density at radius 3 is 2.36 bits per heavy atom. The molecule has 0 aliphatic carbocycles. The summed E-state index contributed by atoms with van der Waals surface area (Å²) in [5, 5.41) is 3.58. The minimum absolute atomic E-state index is 0.123. The number of sulfonamides is 1. The number of fused-ring (bicyclic) bond motifs is 1. The number of nitrogens with one attached hydrogen (secondary N) is 2. The summed E-state index contributed by atoms with van der Waals surface area (Å²) in [4.78, 5) is 17.5. The zero-order valence-corrected chi connectivity index (χ0v) is 17.4. The molecule has 0 bridgehead atoms. The van der Waals surface area contributed by atoms with Crippen molar-refractivity contribution >= 4 is 33.4 Å². The van der Waals surface area contributed by atoms with Crippen LogP contribution in [0.4, 0.5) is 0 Å². The third kappa shape index (κ3) is 4.20. The smallest absolute Gasteiger partial charge is 0.263 e. The number of amides is 1. The van der Waals surface area contributed by atoms with Gasteiger partial charge in [0.15, 0.2) is 0 Å². The van der Waals surface area contributed by atoms with Crippen molar-refractivity contribution in [2.45, 2.75) is 37.8 Å². The Hall–Kier alpha value is -2.38. The maximum atomic E-state index is 12.9. The molecule has 2 aromatic rings. The normalized spacial score (nSPS) is 18.4. The van der Waals surface area contributed by atoms with Gasteiger partial charge in [-0.25, -0.2) is 8.42 Å². The van der Waals surface area contributed by atoms with Crippen molar-refractivity contribution in [2.24, 2.45) is 10.9 Å². The summed E-state index contributed by atoms with van der Waals surface area (Å²) in [6.45, 7) is 5.62. The van der Waals surface area contributed by atoms with Crippen molar-refractivity contribution in [3.63, 3.8) is 0 Å². The Morgan fingerprint density at radius 2 is 1.71 bits per heavy atom. The lowest BCUT2D eigenvalue weighted by atomic mass is 10.0. The SMILES string of the molecule is CC(C)[C@H](N=C1NS(=O)(=O)c2ccccc21)C(=O)N[C@H](C)c1ccc(Cl)cc1. The van der Waals surface area contributed by atoms with Crippen LogP contribution in [-0.2, 0) is 14.8 Å². The average molecular weight is 420 g/mol. The summed E-state index contributed by atoms with van der Waals surface area (Å²) in [5.74, 6) is -0.195. The molecular formula is C20H22ClN3O3S. The van der Waals surface area contributed by atoms with E-state index in [1.807, 2.05) is 32.9 Å². The molecule has 0 spiro atoms. The highest BCUT2D eigenvalue weighted by molar-refractivity contribution is 7.90. The summed E-state index contributed by atoms with van der Waals surface area (Å²) in [6, 6.07) is 12.9. The molecule has 3 rings (SSSR count). The molecule has 1 amide bonds. The predicted molar refractivity (Wildman–Crippen MR) is 110 cm³/mol. The molecule has 0 saturated carbocycles. The number of aliphatic imine (C=N–C) groups is 1. The fourth-order valence-corrected chi connectivity index (χ4v) is 4.38. The van der Waals surface area contributed by atoms with Crippen molar-refractivity contribution in [3.8, 4) is 0 Å². The van der Waals surface area contributed by atoms with Crippen molar-refractivity contribution in [1.82, 2.24) is 10.0 Å². The van der Waals surface area contributed by atoms with Crippen LogP contribution in [0.15, 0.2) is 58.4 Å². The van der Waals surface area contributed by atoms with Gasteiger partial charge < -0.3 is 5.32 Å². The second kappa shape index (κ2) is 7.93. The van der Waals surface area contributed by atoms with Gasteiger partial charge in [-0.3, -0.25) is 14.5 Å². The zero-order valence-electron chi connectivity index (χ0n) is 15.8. The van der Waals surface area contributed by atoms with Crippen LogP contribution in [0.3, 0.4) is 0 Å². The highest BCUT2D eigenvalue weighted by Crippen LogP contribution is 2.24.